The second-order valence-electron chi connectivity index (χ2n) is 5.99. The minimum absolute atomic E-state index is 0.0265. The molecule has 1 atom stereocenters. The topological polar surface area (TPSA) is 64.2 Å². The van der Waals surface area contributed by atoms with Gasteiger partial charge in [-0.05, 0) is 12.3 Å². The molecule has 0 aliphatic heterocycles. The van der Waals surface area contributed by atoms with Crippen molar-refractivity contribution in [2.45, 2.75) is 51.1 Å². The number of hydrogen-bond acceptors (Lipinski definition) is 3. The SMILES string of the molecule is CN(Cc1nccn1C)C(=O)C(N)CC1CCCCC1. The van der Waals surface area contributed by atoms with Crippen LogP contribution in [0.5, 0.6) is 0 Å². The van der Waals surface area contributed by atoms with Gasteiger partial charge in [0.15, 0.2) is 0 Å². The third kappa shape index (κ3) is 3.82. The lowest BCUT2D eigenvalue weighted by Crippen LogP contribution is -2.43. The summed E-state index contributed by atoms with van der Waals surface area (Å²) in [6.07, 6.45) is 10.8. The van der Waals surface area contributed by atoms with Crippen LogP contribution in [-0.2, 0) is 18.4 Å². The van der Waals surface area contributed by atoms with Crippen molar-refractivity contribution in [2.75, 3.05) is 7.05 Å². The van der Waals surface area contributed by atoms with E-state index in [1.165, 1.54) is 32.1 Å². The molecular weight excluding hydrogens is 252 g/mol. The van der Waals surface area contributed by atoms with E-state index in [2.05, 4.69) is 4.98 Å². The molecule has 1 unspecified atom stereocenters. The summed E-state index contributed by atoms with van der Waals surface area (Å²) in [4.78, 5) is 18.2. The Morgan fingerprint density at radius 1 is 1.50 bits per heavy atom. The van der Waals surface area contributed by atoms with Crippen molar-refractivity contribution in [3.8, 4) is 0 Å². The maximum atomic E-state index is 12.3. The predicted molar refractivity (Wildman–Crippen MR) is 78.8 cm³/mol. The van der Waals surface area contributed by atoms with Crippen molar-refractivity contribution in [1.29, 1.82) is 0 Å². The Bertz CT molecular complexity index is 437. The van der Waals surface area contributed by atoms with E-state index >= 15 is 0 Å². The lowest BCUT2D eigenvalue weighted by molar-refractivity contribution is -0.132. The van der Waals surface area contributed by atoms with Crippen LogP contribution in [0.3, 0.4) is 0 Å². The fourth-order valence-electron chi connectivity index (χ4n) is 3.00. The van der Waals surface area contributed by atoms with E-state index < -0.39 is 0 Å². The highest BCUT2D eigenvalue weighted by Crippen LogP contribution is 2.27. The van der Waals surface area contributed by atoms with Gasteiger partial charge in [0.1, 0.15) is 5.82 Å². The van der Waals surface area contributed by atoms with Crippen LogP contribution in [0.1, 0.15) is 44.3 Å². The molecule has 1 heterocycles. The Labute approximate surface area is 121 Å². The number of aromatic nitrogens is 2. The number of imidazole rings is 1. The quantitative estimate of drug-likeness (QED) is 0.891. The van der Waals surface area contributed by atoms with Crippen molar-refractivity contribution in [1.82, 2.24) is 14.5 Å². The minimum Gasteiger partial charge on any atom is -0.337 e. The van der Waals surface area contributed by atoms with Crippen LogP contribution >= 0.6 is 0 Å². The molecule has 1 aliphatic carbocycles. The summed E-state index contributed by atoms with van der Waals surface area (Å²) < 4.78 is 1.93. The Balaban J connectivity index is 1.84. The molecule has 0 saturated heterocycles. The maximum Gasteiger partial charge on any atom is 0.239 e. The first-order valence-electron chi connectivity index (χ1n) is 7.54. The summed E-state index contributed by atoms with van der Waals surface area (Å²) in [5, 5.41) is 0. The number of amides is 1. The maximum absolute atomic E-state index is 12.3. The molecule has 0 radical (unpaired) electrons. The van der Waals surface area contributed by atoms with E-state index in [4.69, 9.17) is 5.73 Å². The first-order valence-corrected chi connectivity index (χ1v) is 7.54. The summed E-state index contributed by atoms with van der Waals surface area (Å²) in [6.45, 7) is 0.515. The number of carbonyl (C=O) groups excluding carboxylic acids is 1. The second kappa shape index (κ2) is 6.88. The Morgan fingerprint density at radius 2 is 2.20 bits per heavy atom. The first kappa shape index (κ1) is 15.0. The van der Waals surface area contributed by atoms with Crippen molar-refractivity contribution >= 4 is 5.91 Å². The predicted octanol–water partition coefficient (Wildman–Crippen LogP) is 1.68. The number of nitrogens with zero attached hydrogens (tertiary/aromatic N) is 3. The molecule has 0 aromatic carbocycles. The number of likely N-dealkylation sites (N-methyl/N-ethyl adjacent to an activating group) is 1. The third-order valence-corrected chi connectivity index (χ3v) is 4.30. The zero-order valence-corrected chi connectivity index (χ0v) is 12.6. The zero-order chi connectivity index (χ0) is 14.5. The van der Waals surface area contributed by atoms with E-state index in [9.17, 15) is 4.79 Å². The summed E-state index contributed by atoms with van der Waals surface area (Å²) in [5.41, 5.74) is 6.10. The summed E-state index contributed by atoms with van der Waals surface area (Å²) in [7, 11) is 3.74. The van der Waals surface area contributed by atoms with Gasteiger partial charge in [-0.3, -0.25) is 4.79 Å². The van der Waals surface area contributed by atoms with Gasteiger partial charge in [-0.2, -0.15) is 0 Å². The standard InChI is InChI=1S/C15H26N4O/c1-18-9-8-17-14(18)11-19(2)15(20)13(16)10-12-6-4-3-5-7-12/h8-9,12-13H,3-7,10-11,16H2,1-2H3. The largest absolute Gasteiger partial charge is 0.337 e. The van der Waals surface area contributed by atoms with Crippen molar-refractivity contribution in [3.63, 3.8) is 0 Å². The molecule has 5 nitrogen and oxygen atoms in total. The Kier molecular flexibility index (Phi) is 5.17. The van der Waals surface area contributed by atoms with E-state index in [0.717, 1.165) is 12.2 Å². The highest BCUT2D eigenvalue weighted by molar-refractivity contribution is 5.81. The molecule has 1 aromatic rings. The highest BCUT2D eigenvalue weighted by Gasteiger charge is 2.24. The van der Waals surface area contributed by atoms with Gasteiger partial charge in [-0.15, -0.1) is 0 Å². The molecule has 2 N–H and O–H groups in total. The Hall–Kier alpha value is -1.36. The van der Waals surface area contributed by atoms with Crippen LogP contribution in [0, 0.1) is 5.92 Å². The average Bonchev–Trinajstić information content (AvgIpc) is 2.84. The highest BCUT2D eigenvalue weighted by atomic mass is 16.2. The lowest BCUT2D eigenvalue weighted by atomic mass is 9.85. The van der Waals surface area contributed by atoms with Gasteiger partial charge in [0.2, 0.25) is 5.91 Å². The van der Waals surface area contributed by atoms with Gasteiger partial charge in [0.25, 0.3) is 0 Å². The average molecular weight is 278 g/mol. The van der Waals surface area contributed by atoms with Crippen LogP contribution in [0.15, 0.2) is 12.4 Å². The molecule has 112 valence electrons. The van der Waals surface area contributed by atoms with Gasteiger partial charge >= 0.3 is 0 Å². The van der Waals surface area contributed by atoms with E-state index in [1.54, 1.807) is 18.1 Å². The molecule has 1 saturated carbocycles. The van der Waals surface area contributed by atoms with Crippen molar-refractivity contribution < 1.29 is 4.79 Å². The molecule has 1 fully saturated rings. The molecule has 2 rings (SSSR count). The van der Waals surface area contributed by atoms with E-state index in [-0.39, 0.29) is 11.9 Å². The molecular formula is C15H26N4O. The van der Waals surface area contributed by atoms with Crippen LogP contribution < -0.4 is 5.73 Å². The van der Waals surface area contributed by atoms with Crippen LogP contribution in [0.4, 0.5) is 0 Å². The van der Waals surface area contributed by atoms with Gasteiger partial charge < -0.3 is 15.2 Å². The van der Waals surface area contributed by atoms with Gasteiger partial charge in [0.05, 0.1) is 12.6 Å². The molecule has 0 spiro atoms. The molecule has 20 heavy (non-hydrogen) atoms. The Morgan fingerprint density at radius 3 is 2.80 bits per heavy atom. The second-order valence-corrected chi connectivity index (χ2v) is 5.99. The van der Waals surface area contributed by atoms with Crippen LogP contribution in [0.25, 0.3) is 0 Å². The third-order valence-electron chi connectivity index (χ3n) is 4.30. The number of carbonyl (C=O) groups is 1. The van der Waals surface area contributed by atoms with Gasteiger partial charge in [-0.1, -0.05) is 32.1 Å². The number of hydrogen-bond donors (Lipinski definition) is 1. The van der Waals surface area contributed by atoms with Crippen molar-refractivity contribution in [2.24, 2.45) is 18.7 Å². The summed E-state index contributed by atoms with van der Waals surface area (Å²) in [6, 6.07) is -0.372. The number of nitrogens with two attached hydrogens (primary N) is 1. The van der Waals surface area contributed by atoms with Crippen LogP contribution in [-0.4, -0.2) is 33.4 Å². The monoisotopic (exact) mass is 278 g/mol. The summed E-state index contributed by atoms with van der Waals surface area (Å²) in [5.74, 6) is 1.54. The molecule has 0 bridgehead atoms. The van der Waals surface area contributed by atoms with E-state index in [1.807, 2.05) is 17.8 Å². The minimum atomic E-state index is -0.372. The first-order chi connectivity index (χ1) is 9.58. The number of rotatable bonds is 5. The zero-order valence-electron chi connectivity index (χ0n) is 12.6. The fraction of sp³-hybridized carbons (Fsp3) is 0.733. The number of aryl methyl sites for hydroxylation is 1. The molecule has 1 amide bonds. The molecule has 1 aromatic heterocycles. The van der Waals surface area contributed by atoms with Crippen LogP contribution in [0.2, 0.25) is 0 Å². The normalized spacial score (nSPS) is 17.9. The summed E-state index contributed by atoms with van der Waals surface area (Å²) >= 11 is 0. The molecule has 1 aliphatic rings. The van der Waals surface area contributed by atoms with Crippen molar-refractivity contribution in [3.05, 3.63) is 18.2 Å². The fourth-order valence-corrected chi connectivity index (χ4v) is 3.00. The van der Waals surface area contributed by atoms with E-state index in [0.29, 0.717) is 12.5 Å². The van der Waals surface area contributed by atoms with Gasteiger partial charge in [-0.25, -0.2) is 4.98 Å². The molecule has 5 heteroatoms. The smallest absolute Gasteiger partial charge is 0.239 e. The lowest BCUT2D eigenvalue weighted by Gasteiger charge is -2.26. The van der Waals surface area contributed by atoms with Gasteiger partial charge in [0, 0.05) is 26.5 Å².